The van der Waals surface area contributed by atoms with Crippen LogP contribution in [0.15, 0.2) is 42.9 Å². The Kier molecular flexibility index (Phi) is 5.81. The van der Waals surface area contributed by atoms with Crippen molar-refractivity contribution < 1.29 is 9.90 Å². The maximum absolute atomic E-state index is 10.9. The van der Waals surface area contributed by atoms with E-state index in [0.29, 0.717) is 11.5 Å². The number of benzene rings is 1. The third-order valence-corrected chi connectivity index (χ3v) is 4.47. The average molecular weight is 394 g/mol. The Labute approximate surface area is 170 Å². The smallest absolute Gasteiger partial charge is 0.409 e. The third kappa shape index (κ3) is 5.31. The molecule has 2 aromatic heterocycles. The Morgan fingerprint density at radius 1 is 1.17 bits per heavy atom. The molecule has 0 saturated heterocycles. The number of amides is 1. The van der Waals surface area contributed by atoms with Crippen LogP contribution in [0.3, 0.4) is 0 Å². The first-order chi connectivity index (χ1) is 13.7. The molecular weight excluding hydrogens is 368 g/mol. The van der Waals surface area contributed by atoms with Crippen LogP contribution in [0.2, 0.25) is 0 Å². The van der Waals surface area contributed by atoms with Gasteiger partial charge < -0.3 is 10.4 Å². The molecule has 3 N–H and O–H groups in total. The highest BCUT2D eigenvalue weighted by Crippen LogP contribution is 2.25. The Bertz CT molecular complexity index is 992. The van der Waals surface area contributed by atoms with Gasteiger partial charge >= 0.3 is 6.09 Å². The van der Waals surface area contributed by atoms with Crippen LogP contribution in [0.4, 0.5) is 22.1 Å². The summed E-state index contributed by atoms with van der Waals surface area (Å²) in [4.78, 5) is 19.3. The number of carboxylic acid groups (broad SMARTS) is 1. The maximum Gasteiger partial charge on any atom is 0.409 e. The van der Waals surface area contributed by atoms with Crippen molar-refractivity contribution in [2.24, 2.45) is 0 Å². The van der Waals surface area contributed by atoms with Crippen LogP contribution in [0.25, 0.3) is 0 Å². The zero-order valence-corrected chi connectivity index (χ0v) is 17.1. The number of hydrogen-bond acceptors (Lipinski definition) is 5. The molecule has 0 saturated carbocycles. The van der Waals surface area contributed by atoms with Crippen LogP contribution in [-0.2, 0) is 18.4 Å². The largest absolute Gasteiger partial charge is 0.465 e. The predicted molar refractivity (Wildman–Crippen MR) is 113 cm³/mol. The summed E-state index contributed by atoms with van der Waals surface area (Å²) in [6.07, 6.45) is 5.37. The van der Waals surface area contributed by atoms with Gasteiger partial charge in [-0.3, -0.25) is 10.3 Å². The standard InChI is InChI=1S/C21H26N6O2/c1-14-5-7-16(24-20(28)29)11-15(14)6-8-17-12-19(27(26-17)21(2,3)4)25-18-13-22-9-10-23-18/h5,7,9-13,24H,6,8H2,1-4H3,(H,23,25)(H,28,29). The molecule has 3 rings (SSSR count). The summed E-state index contributed by atoms with van der Waals surface area (Å²) in [5.41, 5.74) is 3.52. The van der Waals surface area contributed by atoms with Gasteiger partial charge in [0.05, 0.1) is 17.4 Å². The minimum atomic E-state index is -1.07. The van der Waals surface area contributed by atoms with Gasteiger partial charge in [-0.2, -0.15) is 5.10 Å². The minimum absolute atomic E-state index is 0.204. The van der Waals surface area contributed by atoms with E-state index in [1.54, 1.807) is 24.7 Å². The number of aryl methyl sites for hydroxylation is 3. The molecule has 0 spiro atoms. The summed E-state index contributed by atoms with van der Waals surface area (Å²) < 4.78 is 1.95. The van der Waals surface area contributed by atoms with Gasteiger partial charge in [0.2, 0.25) is 0 Å². The number of nitrogens with zero attached hydrogens (tertiary/aromatic N) is 4. The lowest BCUT2D eigenvalue weighted by Gasteiger charge is -2.22. The van der Waals surface area contributed by atoms with Gasteiger partial charge in [-0.1, -0.05) is 6.07 Å². The van der Waals surface area contributed by atoms with E-state index in [9.17, 15) is 4.79 Å². The van der Waals surface area contributed by atoms with E-state index in [1.165, 1.54) is 0 Å². The summed E-state index contributed by atoms with van der Waals surface area (Å²) in [5.74, 6) is 1.51. The molecule has 0 radical (unpaired) electrons. The molecule has 0 unspecified atom stereocenters. The normalized spacial score (nSPS) is 11.3. The highest BCUT2D eigenvalue weighted by atomic mass is 16.4. The fraction of sp³-hybridized carbons (Fsp3) is 0.333. The lowest BCUT2D eigenvalue weighted by molar-refractivity contribution is 0.209. The van der Waals surface area contributed by atoms with Crippen LogP contribution >= 0.6 is 0 Å². The summed E-state index contributed by atoms with van der Waals surface area (Å²) in [6.45, 7) is 8.30. The Morgan fingerprint density at radius 2 is 1.97 bits per heavy atom. The lowest BCUT2D eigenvalue weighted by atomic mass is 10.0. The Hall–Kier alpha value is -3.42. The summed E-state index contributed by atoms with van der Waals surface area (Å²) in [6, 6.07) is 7.59. The summed E-state index contributed by atoms with van der Waals surface area (Å²) >= 11 is 0. The van der Waals surface area contributed by atoms with Crippen molar-refractivity contribution in [3.8, 4) is 0 Å². The molecule has 1 amide bonds. The first-order valence-corrected chi connectivity index (χ1v) is 9.44. The molecule has 0 aliphatic rings. The van der Waals surface area contributed by atoms with Gasteiger partial charge in [0.25, 0.3) is 0 Å². The maximum atomic E-state index is 10.9. The molecule has 2 heterocycles. The van der Waals surface area contributed by atoms with E-state index in [2.05, 4.69) is 41.4 Å². The number of aromatic nitrogens is 4. The van der Waals surface area contributed by atoms with Crippen molar-refractivity contribution in [1.82, 2.24) is 19.7 Å². The van der Waals surface area contributed by atoms with Crippen LogP contribution in [0.5, 0.6) is 0 Å². The molecular formula is C21H26N6O2. The second-order valence-electron chi connectivity index (χ2n) is 7.89. The van der Waals surface area contributed by atoms with Gasteiger partial charge in [0.1, 0.15) is 11.6 Å². The van der Waals surface area contributed by atoms with Crippen molar-refractivity contribution in [3.63, 3.8) is 0 Å². The van der Waals surface area contributed by atoms with Crippen molar-refractivity contribution >= 4 is 23.4 Å². The SMILES string of the molecule is Cc1ccc(NC(=O)O)cc1CCc1cc(Nc2cnccn2)n(C(C)(C)C)n1. The second kappa shape index (κ2) is 8.30. The lowest BCUT2D eigenvalue weighted by Crippen LogP contribution is -2.24. The molecule has 0 atom stereocenters. The summed E-state index contributed by atoms with van der Waals surface area (Å²) in [7, 11) is 0. The van der Waals surface area contributed by atoms with E-state index >= 15 is 0 Å². The number of hydrogen-bond donors (Lipinski definition) is 3. The topological polar surface area (TPSA) is 105 Å². The molecule has 1 aromatic carbocycles. The predicted octanol–water partition coefficient (Wildman–Crippen LogP) is 4.36. The number of anilines is 3. The first kappa shape index (κ1) is 20.3. The zero-order valence-electron chi connectivity index (χ0n) is 17.1. The first-order valence-electron chi connectivity index (χ1n) is 9.44. The molecule has 8 heteroatoms. The zero-order chi connectivity index (χ0) is 21.0. The van der Waals surface area contributed by atoms with E-state index in [1.807, 2.05) is 29.8 Å². The van der Waals surface area contributed by atoms with Crippen LogP contribution in [0.1, 0.15) is 37.6 Å². The molecule has 8 nitrogen and oxygen atoms in total. The Morgan fingerprint density at radius 3 is 2.62 bits per heavy atom. The van der Waals surface area contributed by atoms with Crippen LogP contribution in [0, 0.1) is 6.92 Å². The quantitative estimate of drug-likeness (QED) is 0.574. The van der Waals surface area contributed by atoms with Gasteiger partial charge in [-0.05, 0) is 63.8 Å². The molecule has 0 bridgehead atoms. The van der Waals surface area contributed by atoms with Crippen molar-refractivity contribution in [2.45, 2.75) is 46.1 Å². The monoisotopic (exact) mass is 394 g/mol. The van der Waals surface area contributed by atoms with E-state index in [4.69, 9.17) is 10.2 Å². The van der Waals surface area contributed by atoms with Gasteiger partial charge in [-0.25, -0.2) is 14.5 Å². The molecule has 0 fully saturated rings. The van der Waals surface area contributed by atoms with Crippen molar-refractivity contribution in [2.75, 3.05) is 10.6 Å². The molecule has 3 aromatic rings. The number of nitrogens with one attached hydrogen (secondary N) is 2. The van der Waals surface area contributed by atoms with Gasteiger partial charge in [0, 0.05) is 24.1 Å². The minimum Gasteiger partial charge on any atom is -0.465 e. The van der Waals surface area contributed by atoms with E-state index in [0.717, 1.165) is 35.5 Å². The molecule has 0 aliphatic heterocycles. The highest BCUT2D eigenvalue weighted by Gasteiger charge is 2.20. The van der Waals surface area contributed by atoms with Crippen LogP contribution < -0.4 is 10.6 Å². The fourth-order valence-electron chi connectivity index (χ4n) is 3.05. The average Bonchev–Trinajstić information content (AvgIpc) is 3.06. The van der Waals surface area contributed by atoms with Gasteiger partial charge in [-0.15, -0.1) is 0 Å². The number of rotatable bonds is 6. The van der Waals surface area contributed by atoms with Crippen LogP contribution in [-0.4, -0.2) is 30.9 Å². The third-order valence-electron chi connectivity index (χ3n) is 4.47. The molecule has 0 aliphatic carbocycles. The highest BCUT2D eigenvalue weighted by molar-refractivity contribution is 5.83. The molecule has 29 heavy (non-hydrogen) atoms. The van der Waals surface area contributed by atoms with Gasteiger partial charge in [0.15, 0.2) is 0 Å². The van der Waals surface area contributed by atoms with Crippen molar-refractivity contribution in [3.05, 3.63) is 59.7 Å². The Balaban J connectivity index is 1.80. The second-order valence-corrected chi connectivity index (χ2v) is 7.89. The van der Waals surface area contributed by atoms with Crippen molar-refractivity contribution in [1.29, 1.82) is 0 Å². The van der Waals surface area contributed by atoms with E-state index in [-0.39, 0.29) is 5.54 Å². The van der Waals surface area contributed by atoms with E-state index < -0.39 is 6.09 Å². The molecule has 152 valence electrons. The summed E-state index contributed by atoms with van der Waals surface area (Å²) in [5, 5.41) is 19.4. The number of carbonyl (C=O) groups is 1. The fourth-order valence-corrected chi connectivity index (χ4v) is 3.05.